The third-order valence-electron chi connectivity index (χ3n) is 4.75. The first-order chi connectivity index (χ1) is 14.2. The van der Waals surface area contributed by atoms with Gasteiger partial charge in [0.15, 0.2) is 5.78 Å². The van der Waals surface area contributed by atoms with Gasteiger partial charge in [-0.2, -0.15) is 0 Å². The number of carbonyl (C=O) groups excluding carboxylic acids is 1. The van der Waals surface area contributed by atoms with Crippen molar-refractivity contribution in [3.63, 3.8) is 0 Å². The van der Waals surface area contributed by atoms with E-state index in [0.717, 1.165) is 38.4 Å². The lowest BCUT2D eigenvalue weighted by atomic mass is 10.1. The average molecular weight is 401 g/mol. The van der Waals surface area contributed by atoms with Crippen molar-refractivity contribution in [1.82, 2.24) is 10.2 Å². The largest absolute Gasteiger partial charge is 0.496 e. The molecule has 0 saturated carbocycles. The van der Waals surface area contributed by atoms with Gasteiger partial charge in [0.25, 0.3) is 0 Å². The van der Waals surface area contributed by atoms with E-state index >= 15 is 0 Å². The molecule has 0 N–H and O–H groups in total. The van der Waals surface area contributed by atoms with Crippen LogP contribution in [0.5, 0.6) is 5.75 Å². The summed E-state index contributed by atoms with van der Waals surface area (Å²) in [6, 6.07) is 23.8. The number of carbonyl (C=O) groups is 1. The SMILES string of the molecule is COc1ccc(C(C)=O)cc1CSc1nnc(-c2ccccc2)c2ccccc12. The summed E-state index contributed by atoms with van der Waals surface area (Å²) in [5, 5.41) is 12.0. The second kappa shape index (κ2) is 8.45. The Hall–Kier alpha value is -3.18. The molecule has 0 amide bonds. The lowest BCUT2D eigenvalue weighted by molar-refractivity contribution is 0.101. The van der Waals surface area contributed by atoms with E-state index in [1.54, 1.807) is 31.9 Å². The number of nitrogens with zero attached hydrogens (tertiary/aromatic N) is 2. The smallest absolute Gasteiger partial charge is 0.159 e. The number of thioether (sulfide) groups is 1. The van der Waals surface area contributed by atoms with Crippen LogP contribution in [0.4, 0.5) is 0 Å². The van der Waals surface area contributed by atoms with Crippen LogP contribution in [0, 0.1) is 0 Å². The number of ketones is 1. The minimum atomic E-state index is 0.0383. The topological polar surface area (TPSA) is 52.1 Å². The molecule has 0 spiro atoms. The highest BCUT2D eigenvalue weighted by Crippen LogP contribution is 2.34. The number of aromatic nitrogens is 2. The number of ether oxygens (including phenoxy) is 1. The standard InChI is InChI=1S/C24H20N2O2S/c1-16(27)18-12-13-22(28-2)19(14-18)15-29-24-21-11-7-6-10-20(21)23(25-26-24)17-8-4-3-5-9-17/h3-14H,15H2,1-2H3. The van der Waals surface area contributed by atoms with Gasteiger partial charge in [0, 0.05) is 33.2 Å². The molecule has 144 valence electrons. The molecule has 4 rings (SSSR count). The maximum absolute atomic E-state index is 11.7. The van der Waals surface area contributed by atoms with Crippen LogP contribution in [-0.4, -0.2) is 23.1 Å². The normalized spacial score (nSPS) is 10.8. The summed E-state index contributed by atoms with van der Waals surface area (Å²) in [5.74, 6) is 1.44. The van der Waals surface area contributed by atoms with Gasteiger partial charge in [-0.25, -0.2) is 0 Å². The fourth-order valence-electron chi connectivity index (χ4n) is 3.25. The first-order valence-corrected chi connectivity index (χ1v) is 10.3. The van der Waals surface area contributed by atoms with Crippen LogP contribution in [0.1, 0.15) is 22.8 Å². The van der Waals surface area contributed by atoms with Crippen LogP contribution in [-0.2, 0) is 5.75 Å². The number of methoxy groups -OCH3 is 1. The summed E-state index contributed by atoms with van der Waals surface area (Å²) >= 11 is 1.59. The molecule has 1 aromatic heterocycles. The maximum atomic E-state index is 11.7. The predicted octanol–water partition coefficient (Wildman–Crippen LogP) is 5.80. The molecular formula is C24H20N2O2S. The van der Waals surface area contributed by atoms with E-state index in [1.807, 2.05) is 54.6 Å². The Bertz CT molecular complexity index is 1180. The molecule has 0 fully saturated rings. The summed E-state index contributed by atoms with van der Waals surface area (Å²) in [4.78, 5) is 11.7. The molecule has 0 aliphatic heterocycles. The zero-order valence-electron chi connectivity index (χ0n) is 16.3. The van der Waals surface area contributed by atoms with Crippen LogP contribution >= 0.6 is 11.8 Å². The Morgan fingerprint density at radius 1 is 0.931 bits per heavy atom. The van der Waals surface area contributed by atoms with Crippen LogP contribution in [0.25, 0.3) is 22.0 Å². The minimum Gasteiger partial charge on any atom is -0.496 e. The van der Waals surface area contributed by atoms with E-state index < -0.39 is 0 Å². The molecular weight excluding hydrogens is 380 g/mol. The number of hydrogen-bond acceptors (Lipinski definition) is 5. The highest BCUT2D eigenvalue weighted by molar-refractivity contribution is 7.98. The molecule has 0 unspecified atom stereocenters. The molecule has 3 aromatic carbocycles. The summed E-state index contributed by atoms with van der Waals surface area (Å²) in [6.45, 7) is 1.57. The molecule has 4 aromatic rings. The van der Waals surface area contributed by atoms with Crippen molar-refractivity contribution in [3.05, 3.63) is 83.9 Å². The van der Waals surface area contributed by atoms with Gasteiger partial charge in [-0.1, -0.05) is 66.4 Å². The monoisotopic (exact) mass is 400 g/mol. The highest BCUT2D eigenvalue weighted by Gasteiger charge is 2.13. The quantitative estimate of drug-likeness (QED) is 0.302. The average Bonchev–Trinajstić information content (AvgIpc) is 2.77. The zero-order valence-corrected chi connectivity index (χ0v) is 17.1. The van der Waals surface area contributed by atoms with Crippen LogP contribution in [0.2, 0.25) is 0 Å². The number of fused-ring (bicyclic) bond motifs is 1. The van der Waals surface area contributed by atoms with E-state index in [4.69, 9.17) is 4.74 Å². The van der Waals surface area contributed by atoms with Gasteiger partial charge in [0.2, 0.25) is 0 Å². The van der Waals surface area contributed by atoms with Crippen molar-refractivity contribution >= 4 is 28.3 Å². The van der Waals surface area contributed by atoms with E-state index in [0.29, 0.717) is 11.3 Å². The molecule has 5 heteroatoms. The van der Waals surface area contributed by atoms with Gasteiger partial charge in [-0.15, -0.1) is 10.2 Å². The van der Waals surface area contributed by atoms with Gasteiger partial charge in [-0.05, 0) is 25.1 Å². The molecule has 29 heavy (non-hydrogen) atoms. The highest BCUT2D eigenvalue weighted by atomic mass is 32.2. The van der Waals surface area contributed by atoms with Gasteiger partial charge >= 0.3 is 0 Å². The summed E-state index contributed by atoms with van der Waals surface area (Å²) in [6.07, 6.45) is 0. The fourth-order valence-corrected chi connectivity index (χ4v) is 4.20. The Kier molecular flexibility index (Phi) is 5.58. The Balaban J connectivity index is 1.70. The van der Waals surface area contributed by atoms with Crippen LogP contribution in [0.15, 0.2) is 77.8 Å². The molecule has 1 heterocycles. The van der Waals surface area contributed by atoms with E-state index in [9.17, 15) is 4.79 Å². The van der Waals surface area contributed by atoms with E-state index in [1.165, 1.54) is 0 Å². The number of Topliss-reactive ketones (excluding diaryl/α,β-unsaturated/α-hetero) is 1. The van der Waals surface area contributed by atoms with Crippen LogP contribution < -0.4 is 4.74 Å². The molecule has 0 bridgehead atoms. The van der Waals surface area contributed by atoms with Gasteiger partial charge in [-0.3, -0.25) is 4.79 Å². The summed E-state index contributed by atoms with van der Waals surface area (Å²) in [7, 11) is 1.64. The minimum absolute atomic E-state index is 0.0383. The zero-order chi connectivity index (χ0) is 20.2. The van der Waals surface area contributed by atoms with Crippen molar-refractivity contribution in [1.29, 1.82) is 0 Å². The van der Waals surface area contributed by atoms with Gasteiger partial charge < -0.3 is 4.74 Å². The number of benzene rings is 3. The van der Waals surface area contributed by atoms with Crippen molar-refractivity contribution < 1.29 is 9.53 Å². The van der Waals surface area contributed by atoms with Crippen molar-refractivity contribution in [2.24, 2.45) is 0 Å². The Morgan fingerprint density at radius 3 is 2.38 bits per heavy atom. The lowest BCUT2D eigenvalue weighted by Gasteiger charge is -2.11. The number of rotatable bonds is 6. The van der Waals surface area contributed by atoms with E-state index in [2.05, 4.69) is 22.3 Å². The van der Waals surface area contributed by atoms with E-state index in [-0.39, 0.29) is 5.78 Å². The third kappa shape index (κ3) is 4.00. The third-order valence-corrected chi connectivity index (χ3v) is 5.78. The second-order valence-corrected chi connectivity index (χ2v) is 7.60. The first kappa shape index (κ1) is 19.2. The number of hydrogen-bond donors (Lipinski definition) is 0. The van der Waals surface area contributed by atoms with Gasteiger partial charge in [0.1, 0.15) is 16.5 Å². The van der Waals surface area contributed by atoms with Crippen LogP contribution in [0.3, 0.4) is 0 Å². The van der Waals surface area contributed by atoms with Crippen molar-refractivity contribution in [2.45, 2.75) is 17.7 Å². The molecule has 0 saturated heterocycles. The Labute approximate surface area is 173 Å². The summed E-state index contributed by atoms with van der Waals surface area (Å²) < 4.78 is 5.47. The van der Waals surface area contributed by atoms with Crippen molar-refractivity contribution in [2.75, 3.05) is 7.11 Å². The van der Waals surface area contributed by atoms with Crippen molar-refractivity contribution in [3.8, 4) is 17.0 Å². The lowest BCUT2D eigenvalue weighted by Crippen LogP contribution is -1.98. The molecule has 0 aliphatic rings. The molecule has 0 aliphatic carbocycles. The molecule has 0 atom stereocenters. The Morgan fingerprint density at radius 2 is 1.66 bits per heavy atom. The summed E-state index contributed by atoms with van der Waals surface area (Å²) in [5.41, 5.74) is 3.56. The molecule has 0 radical (unpaired) electrons. The predicted molar refractivity (Wildman–Crippen MR) is 118 cm³/mol. The second-order valence-electron chi connectivity index (χ2n) is 6.64. The maximum Gasteiger partial charge on any atom is 0.159 e. The fraction of sp³-hybridized carbons (Fsp3) is 0.125. The van der Waals surface area contributed by atoms with Gasteiger partial charge in [0.05, 0.1) is 7.11 Å². The first-order valence-electron chi connectivity index (χ1n) is 9.29. The molecule has 4 nitrogen and oxygen atoms in total.